The van der Waals surface area contributed by atoms with Gasteiger partial charge in [0, 0.05) is 10.9 Å². The second-order valence-corrected chi connectivity index (χ2v) is 4.42. The number of hydrogen-bond donors (Lipinski definition) is 1. The fraction of sp³-hybridized carbons (Fsp3) is 0. The number of aromatic nitrogens is 4. The first kappa shape index (κ1) is 10.2. The van der Waals surface area contributed by atoms with Crippen molar-refractivity contribution in [2.24, 2.45) is 0 Å². The number of aromatic amines is 1. The van der Waals surface area contributed by atoms with E-state index in [-0.39, 0.29) is 0 Å². The van der Waals surface area contributed by atoms with Crippen LogP contribution in [0.2, 0.25) is 0 Å². The highest BCUT2D eigenvalue weighted by molar-refractivity contribution is 5.92. The predicted molar refractivity (Wildman–Crippen MR) is 74.6 cm³/mol. The van der Waals surface area contributed by atoms with Gasteiger partial charge in [-0.05, 0) is 12.1 Å². The summed E-state index contributed by atoms with van der Waals surface area (Å²) in [7, 11) is 0. The standard InChI is InChI=1S/C15H10N4/c1-2-4-10(5-3-1)15-9-16-13-6-11-8-17-19-12(11)7-14(13)18-15/h1-9H,(H,17,19). The normalized spacial score (nSPS) is 11.2. The molecule has 4 rings (SSSR count). The molecule has 2 aromatic carbocycles. The largest absolute Gasteiger partial charge is 0.278 e. The van der Waals surface area contributed by atoms with Crippen LogP contribution in [0.15, 0.2) is 54.9 Å². The van der Waals surface area contributed by atoms with Gasteiger partial charge in [0.25, 0.3) is 0 Å². The van der Waals surface area contributed by atoms with Crippen LogP contribution >= 0.6 is 0 Å². The molecule has 4 aromatic rings. The number of H-pyrrole nitrogens is 1. The fourth-order valence-corrected chi connectivity index (χ4v) is 2.20. The first-order valence-corrected chi connectivity index (χ1v) is 6.05. The molecule has 1 N–H and O–H groups in total. The molecule has 0 bridgehead atoms. The molecule has 0 radical (unpaired) electrons. The van der Waals surface area contributed by atoms with E-state index >= 15 is 0 Å². The molecule has 4 heteroatoms. The van der Waals surface area contributed by atoms with Crippen molar-refractivity contribution in [1.82, 2.24) is 20.2 Å². The molecule has 0 saturated heterocycles. The van der Waals surface area contributed by atoms with Crippen molar-refractivity contribution in [3.63, 3.8) is 0 Å². The molecule has 0 unspecified atom stereocenters. The quantitative estimate of drug-likeness (QED) is 0.561. The predicted octanol–water partition coefficient (Wildman–Crippen LogP) is 3.17. The fourth-order valence-electron chi connectivity index (χ4n) is 2.20. The number of hydrogen-bond acceptors (Lipinski definition) is 3. The third-order valence-corrected chi connectivity index (χ3v) is 3.17. The molecule has 0 aliphatic heterocycles. The minimum absolute atomic E-state index is 0.873. The Morgan fingerprint density at radius 3 is 2.68 bits per heavy atom. The summed E-state index contributed by atoms with van der Waals surface area (Å²) < 4.78 is 0. The van der Waals surface area contributed by atoms with E-state index < -0.39 is 0 Å². The highest BCUT2D eigenvalue weighted by Crippen LogP contribution is 2.22. The van der Waals surface area contributed by atoms with Crippen LogP contribution in [0.5, 0.6) is 0 Å². The molecule has 0 saturated carbocycles. The molecule has 0 amide bonds. The second kappa shape index (κ2) is 3.88. The van der Waals surface area contributed by atoms with Crippen LogP contribution in [-0.2, 0) is 0 Å². The zero-order valence-corrected chi connectivity index (χ0v) is 10.0. The lowest BCUT2D eigenvalue weighted by atomic mass is 10.1. The van der Waals surface area contributed by atoms with Crippen LogP contribution in [0, 0.1) is 0 Å². The molecule has 0 spiro atoms. The van der Waals surface area contributed by atoms with Crippen LogP contribution in [0.1, 0.15) is 0 Å². The maximum atomic E-state index is 4.66. The monoisotopic (exact) mass is 246 g/mol. The average molecular weight is 246 g/mol. The Morgan fingerprint density at radius 1 is 0.895 bits per heavy atom. The first-order valence-electron chi connectivity index (χ1n) is 6.05. The van der Waals surface area contributed by atoms with Gasteiger partial charge in [-0.3, -0.25) is 10.1 Å². The van der Waals surface area contributed by atoms with Crippen molar-refractivity contribution >= 4 is 21.9 Å². The number of nitrogens with zero attached hydrogens (tertiary/aromatic N) is 3. The summed E-state index contributed by atoms with van der Waals surface area (Å²) in [5.41, 5.74) is 4.69. The van der Waals surface area contributed by atoms with E-state index in [1.807, 2.05) is 48.7 Å². The minimum Gasteiger partial charge on any atom is -0.278 e. The molecule has 19 heavy (non-hydrogen) atoms. The Bertz CT molecular complexity index is 865. The van der Waals surface area contributed by atoms with E-state index in [1.54, 1.807) is 6.20 Å². The SMILES string of the molecule is c1ccc(-c2cnc3cc4cn[nH]c4cc3n2)cc1. The van der Waals surface area contributed by atoms with Gasteiger partial charge in [-0.25, -0.2) is 4.98 Å². The number of benzene rings is 2. The van der Waals surface area contributed by atoms with E-state index in [9.17, 15) is 0 Å². The zero-order valence-electron chi connectivity index (χ0n) is 10.0. The number of fused-ring (bicyclic) bond motifs is 2. The lowest BCUT2D eigenvalue weighted by Gasteiger charge is -2.02. The van der Waals surface area contributed by atoms with Crippen molar-refractivity contribution in [3.05, 3.63) is 54.9 Å². The summed E-state index contributed by atoms with van der Waals surface area (Å²) >= 11 is 0. The third kappa shape index (κ3) is 1.65. The van der Waals surface area contributed by atoms with Crippen molar-refractivity contribution in [3.8, 4) is 11.3 Å². The summed E-state index contributed by atoms with van der Waals surface area (Å²) in [5, 5.41) is 8.03. The summed E-state index contributed by atoms with van der Waals surface area (Å²) in [4.78, 5) is 9.15. The lowest BCUT2D eigenvalue weighted by Crippen LogP contribution is -1.88. The van der Waals surface area contributed by atoms with Crippen LogP contribution in [0.3, 0.4) is 0 Å². The van der Waals surface area contributed by atoms with Crippen molar-refractivity contribution in [2.75, 3.05) is 0 Å². The van der Waals surface area contributed by atoms with E-state index in [0.29, 0.717) is 0 Å². The van der Waals surface area contributed by atoms with Crippen molar-refractivity contribution < 1.29 is 0 Å². The van der Waals surface area contributed by atoms with E-state index in [4.69, 9.17) is 0 Å². The highest BCUT2D eigenvalue weighted by Gasteiger charge is 2.04. The Labute approximate surface area is 109 Å². The Kier molecular flexibility index (Phi) is 2.08. The van der Waals surface area contributed by atoms with Crippen LogP contribution in [0.25, 0.3) is 33.2 Å². The molecule has 2 aromatic heterocycles. The average Bonchev–Trinajstić information content (AvgIpc) is 2.92. The molecular weight excluding hydrogens is 236 g/mol. The molecule has 0 fully saturated rings. The van der Waals surface area contributed by atoms with Gasteiger partial charge in [-0.15, -0.1) is 0 Å². The molecule has 2 heterocycles. The first-order chi connectivity index (χ1) is 9.40. The van der Waals surface area contributed by atoms with Gasteiger partial charge in [0.05, 0.1) is 34.6 Å². The van der Waals surface area contributed by atoms with Gasteiger partial charge in [0.2, 0.25) is 0 Å². The molecule has 0 aliphatic carbocycles. The van der Waals surface area contributed by atoms with E-state index in [2.05, 4.69) is 20.2 Å². The second-order valence-electron chi connectivity index (χ2n) is 4.42. The smallest absolute Gasteiger partial charge is 0.0916 e. The maximum absolute atomic E-state index is 4.66. The Hall–Kier alpha value is -2.75. The summed E-state index contributed by atoms with van der Waals surface area (Å²) in [6.07, 6.45) is 3.60. The summed E-state index contributed by atoms with van der Waals surface area (Å²) in [6.45, 7) is 0. The summed E-state index contributed by atoms with van der Waals surface area (Å²) in [5.74, 6) is 0. The van der Waals surface area contributed by atoms with Crippen LogP contribution in [-0.4, -0.2) is 20.2 Å². The van der Waals surface area contributed by atoms with E-state index in [0.717, 1.165) is 33.2 Å². The molecule has 90 valence electrons. The number of rotatable bonds is 1. The van der Waals surface area contributed by atoms with Gasteiger partial charge in [0.1, 0.15) is 0 Å². The maximum Gasteiger partial charge on any atom is 0.0916 e. The Balaban J connectivity index is 1.97. The zero-order chi connectivity index (χ0) is 12.7. The topological polar surface area (TPSA) is 54.5 Å². The number of nitrogens with one attached hydrogen (secondary N) is 1. The Morgan fingerprint density at radius 2 is 1.79 bits per heavy atom. The van der Waals surface area contributed by atoms with Gasteiger partial charge in [-0.1, -0.05) is 30.3 Å². The van der Waals surface area contributed by atoms with Crippen molar-refractivity contribution in [1.29, 1.82) is 0 Å². The molecule has 0 atom stereocenters. The molecule has 0 aliphatic rings. The highest BCUT2D eigenvalue weighted by atomic mass is 15.1. The van der Waals surface area contributed by atoms with Gasteiger partial charge >= 0.3 is 0 Å². The minimum atomic E-state index is 0.873. The molecule has 4 nitrogen and oxygen atoms in total. The third-order valence-electron chi connectivity index (χ3n) is 3.17. The molecular formula is C15H10N4. The van der Waals surface area contributed by atoms with Gasteiger partial charge in [0.15, 0.2) is 0 Å². The van der Waals surface area contributed by atoms with Gasteiger partial charge < -0.3 is 0 Å². The summed E-state index contributed by atoms with van der Waals surface area (Å²) in [6, 6.07) is 14.0. The van der Waals surface area contributed by atoms with Crippen LogP contribution in [0.4, 0.5) is 0 Å². The van der Waals surface area contributed by atoms with Crippen molar-refractivity contribution in [2.45, 2.75) is 0 Å². The van der Waals surface area contributed by atoms with E-state index in [1.165, 1.54) is 0 Å². The van der Waals surface area contributed by atoms with Gasteiger partial charge in [-0.2, -0.15) is 5.10 Å². The van der Waals surface area contributed by atoms with Crippen LogP contribution < -0.4 is 0 Å². The lowest BCUT2D eigenvalue weighted by molar-refractivity contribution is 1.12.